The van der Waals surface area contributed by atoms with Gasteiger partial charge < -0.3 is 4.18 Å². The van der Waals surface area contributed by atoms with Crippen LogP contribution in [0.1, 0.15) is 6.92 Å². The third-order valence-corrected chi connectivity index (χ3v) is 1.68. The smallest absolute Gasteiger partial charge is 0.319 e. The SMILES string of the molecule is C=CS(=O)(O)(O)OC(C)=O. The van der Waals surface area contributed by atoms with E-state index in [0.29, 0.717) is 0 Å². The second-order valence-electron chi connectivity index (χ2n) is 1.59. The number of hydrogen-bond acceptors (Lipinski definition) is 3. The molecule has 0 aliphatic rings. The van der Waals surface area contributed by atoms with Crippen molar-refractivity contribution in [1.82, 2.24) is 0 Å². The van der Waals surface area contributed by atoms with E-state index in [1.165, 1.54) is 0 Å². The number of hydrogen-bond donors (Lipinski definition) is 2. The van der Waals surface area contributed by atoms with E-state index in [1.54, 1.807) is 0 Å². The quantitative estimate of drug-likeness (QED) is 0.622. The van der Waals surface area contributed by atoms with Gasteiger partial charge in [0.15, 0.2) is 0 Å². The Labute approximate surface area is 57.9 Å². The van der Waals surface area contributed by atoms with Gasteiger partial charge in [0, 0.05) is 6.92 Å². The van der Waals surface area contributed by atoms with Gasteiger partial charge in [0.05, 0.1) is 5.41 Å². The van der Waals surface area contributed by atoms with Crippen molar-refractivity contribution in [1.29, 1.82) is 0 Å². The standard InChI is InChI=1S/C4H8O5S/c1-3-10(6,7,8)9-4(2)5/h3H,1H2,2H3,(H2,6,7,8). The summed E-state index contributed by atoms with van der Waals surface area (Å²) in [6.45, 7) is 3.71. The molecule has 0 atom stereocenters. The molecule has 0 saturated carbocycles. The molecule has 0 heterocycles. The Kier molecular flexibility index (Phi) is 2.00. The summed E-state index contributed by atoms with van der Waals surface area (Å²) in [5.41, 5.74) is 0. The molecular formula is C4H8O5S. The molecule has 0 fully saturated rings. The Hall–Kier alpha value is -0.720. The minimum absolute atomic E-state index is 0.276. The fourth-order valence-corrected chi connectivity index (χ4v) is 0.764. The molecule has 0 radical (unpaired) electrons. The maximum absolute atomic E-state index is 10.5. The zero-order valence-electron chi connectivity index (χ0n) is 5.31. The molecule has 2 N–H and O–H groups in total. The van der Waals surface area contributed by atoms with Crippen LogP contribution >= 0.6 is 0 Å². The summed E-state index contributed by atoms with van der Waals surface area (Å²) in [5, 5.41) is 0.276. The van der Waals surface area contributed by atoms with Crippen molar-refractivity contribution in [3.05, 3.63) is 12.0 Å². The molecule has 0 saturated heterocycles. The first kappa shape index (κ1) is 9.28. The average molecular weight is 168 g/mol. The van der Waals surface area contributed by atoms with Crippen molar-refractivity contribution in [2.24, 2.45) is 0 Å². The van der Waals surface area contributed by atoms with E-state index in [0.717, 1.165) is 6.92 Å². The molecule has 0 spiro atoms. The minimum Gasteiger partial charge on any atom is -0.346 e. The molecule has 0 bridgehead atoms. The summed E-state index contributed by atoms with van der Waals surface area (Å²) < 4.78 is 31.2. The van der Waals surface area contributed by atoms with Crippen LogP contribution < -0.4 is 0 Å². The first-order valence-electron chi connectivity index (χ1n) is 2.25. The second kappa shape index (κ2) is 2.15. The maximum Gasteiger partial charge on any atom is 0.319 e. The van der Waals surface area contributed by atoms with Crippen LogP contribution in [-0.2, 0) is 18.9 Å². The Morgan fingerprint density at radius 3 is 2.20 bits per heavy atom. The highest BCUT2D eigenvalue weighted by Crippen LogP contribution is 2.18. The summed E-state index contributed by atoms with van der Waals surface area (Å²) in [6.07, 6.45) is 0. The fraction of sp³-hybridized carbons (Fsp3) is 0.250. The summed E-state index contributed by atoms with van der Waals surface area (Å²) in [4.78, 5) is 10.1. The molecule has 0 amide bonds. The summed E-state index contributed by atoms with van der Waals surface area (Å²) in [5.74, 6) is -1.05. The Morgan fingerprint density at radius 2 is 2.10 bits per heavy atom. The number of carbonyl (C=O) groups is 1. The number of carbonyl (C=O) groups excluding carboxylic acids is 1. The van der Waals surface area contributed by atoms with E-state index in [9.17, 15) is 9.00 Å². The van der Waals surface area contributed by atoms with E-state index >= 15 is 0 Å². The molecule has 6 heteroatoms. The monoisotopic (exact) mass is 168 g/mol. The van der Waals surface area contributed by atoms with Crippen LogP contribution in [0, 0.1) is 0 Å². The lowest BCUT2D eigenvalue weighted by Crippen LogP contribution is -2.32. The maximum atomic E-state index is 10.5. The van der Waals surface area contributed by atoms with E-state index < -0.39 is 15.9 Å². The van der Waals surface area contributed by atoms with Gasteiger partial charge in [-0.3, -0.25) is 13.9 Å². The van der Waals surface area contributed by atoms with Crippen molar-refractivity contribution < 1.29 is 22.3 Å². The predicted molar refractivity (Wildman–Crippen MR) is 35.4 cm³/mol. The van der Waals surface area contributed by atoms with Crippen LogP contribution in [-0.4, -0.2) is 19.3 Å². The highest BCUT2D eigenvalue weighted by molar-refractivity contribution is 8.08. The van der Waals surface area contributed by atoms with Crippen molar-refractivity contribution in [2.75, 3.05) is 0 Å². The molecule has 0 aromatic heterocycles. The molecule has 0 aliphatic heterocycles. The van der Waals surface area contributed by atoms with Gasteiger partial charge in [0.2, 0.25) is 9.91 Å². The Bertz CT molecular complexity index is 224. The lowest BCUT2D eigenvalue weighted by Gasteiger charge is -2.24. The topological polar surface area (TPSA) is 83.8 Å². The van der Waals surface area contributed by atoms with Crippen molar-refractivity contribution in [2.45, 2.75) is 6.92 Å². The van der Waals surface area contributed by atoms with Crippen LogP contribution in [0.5, 0.6) is 0 Å². The molecule has 0 unspecified atom stereocenters. The molecule has 60 valence electrons. The van der Waals surface area contributed by atoms with E-state index in [2.05, 4.69) is 10.8 Å². The lowest BCUT2D eigenvalue weighted by atomic mass is 10.9. The molecule has 10 heavy (non-hydrogen) atoms. The highest BCUT2D eigenvalue weighted by Gasteiger charge is 2.28. The molecule has 0 rings (SSSR count). The zero-order valence-corrected chi connectivity index (χ0v) is 6.13. The summed E-state index contributed by atoms with van der Waals surface area (Å²) in [7, 11) is -5.30. The summed E-state index contributed by atoms with van der Waals surface area (Å²) in [6, 6.07) is 0. The van der Waals surface area contributed by atoms with Crippen LogP contribution in [0.2, 0.25) is 0 Å². The van der Waals surface area contributed by atoms with Gasteiger partial charge in [-0.05, 0) is 0 Å². The van der Waals surface area contributed by atoms with Crippen LogP contribution in [0.25, 0.3) is 0 Å². The summed E-state index contributed by atoms with van der Waals surface area (Å²) >= 11 is 0. The zero-order chi connectivity index (χ0) is 8.44. The van der Waals surface area contributed by atoms with E-state index in [1.807, 2.05) is 0 Å². The van der Waals surface area contributed by atoms with Gasteiger partial charge in [-0.2, -0.15) is 4.21 Å². The molecule has 0 aliphatic carbocycles. The van der Waals surface area contributed by atoms with Crippen LogP contribution in [0.15, 0.2) is 12.0 Å². The molecule has 0 aromatic rings. The van der Waals surface area contributed by atoms with Gasteiger partial charge in [0.25, 0.3) is 0 Å². The molecule has 5 nitrogen and oxygen atoms in total. The Morgan fingerprint density at radius 1 is 1.70 bits per heavy atom. The van der Waals surface area contributed by atoms with Crippen molar-refractivity contribution in [3.63, 3.8) is 0 Å². The molecule has 0 aromatic carbocycles. The van der Waals surface area contributed by atoms with Gasteiger partial charge in [-0.15, -0.1) is 0 Å². The predicted octanol–water partition coefficient (Wildman–Crippen LogP) is 0.374. The van der Waals surface area contributed by atoms with Crippen LogP contribution in [0.4, 0.5) is 0 Å². The van der Waals surface area contributed by atoms with Crippen molar-refractivity contribution in [3.8, 4) is 0 Å². The van der Waals surface area contributed by atoms with Crippen LogP contribution in [0.3, 0.4) is 0 Å². The third kappa shape index (κ3) is 3.33. The fourth-order valence-electron chi connectivity index (χ4n) is 0.255. The van der Waals surface area contributed by atoms with Crippen molar-refractivity contribution >= 4 is 15.9 Å². The lowest BCUT2D eigenvalue weighted by molar-refractivity contribution is -0.132. The van der Waals surface area contributed by atoms with Gasteiger partial charge in [0.1, 0.15) is 0 Å². The van der Waals surface area contributed by atoms with Gasteiger partial charge >= 0.3 is 5.97 Å². The van der Waals surface area contributed by atoms with Gasteiger partial charge in [-0.1, -0.05) is 6.58 Å². The van der Waals surface area contributed by atoms with Gasteiger partial charge in [-0.25, -0.2) is 0 Å². The number of rotatable bonds is 2. The molecular weight excluding hydrogens is 160 g/mol. The largest absolute Gasteiger partial charge is 0.346 e. The van der Waals surface area contributed by atoms with E-state index in [4.69, 9.17) is 9.11 Å². The third-order valence-electron chi connectivity index (χ3n) is 0.559. The average Bonchev–Trinajstić information content (AvgIpc) is 1.61. The van der Waals surface area contributed by atoms with E-state index in [-0.39, 0.29) is 5.41 Å². The normalized spacial score (nSPS) is 14.9. The first-order valence-corrected chi connectivity index (χ1v) is 4.12. The highest BCUT2D eigenvalue weighted by atomic mass is 32.3. The minimum atomic E-state index is -5.30. The second-order valence-corrected chi connectivity index (χ2v) is 3.79. The first-order chi connectivity index (χ1) is 4.24. The Balaban J connectivity index is 4.57.